The quantitative estimate of drug-likeness (QED) is 0.112. The molecule has 65 heavy (non-hydrogen) atoms. The molecular formula is C61H43N3Si. The van der Waals surface area contributed by atoms with Gasteiger partial charge in [0.05, 0.1) is 33.1 Å². The summed E-state index contributed by atoms with van der Waals surface area (Å²) in [7, 11) is -3.03. The van der Waals surface area contributed by atoms with Crippen LogP contribution < -0.4 is 20.7 Å². The van der Waals surface area contributed by atoms with Crippen molar-refractivity contribution in [1.29, 1.82) is 0 Å². The molecule has 0 atom stereocenters. The smallest absolute Gasteiger partial charge is 0.179 e. The fourth-order valence-electron chi connectivity index (χ4n) is 11.2. The van der Waals surface area contributed by atoms with E-state index >= 15 is 0 Å². The molecule has 0 aliphatic heterocycles. The van der Waals surface area contributed by atoms with E-state index in [1.165, 1.54) is 97.4 Å². The van der Waals surface area contributed by atoms with Crippen LogP contribution in [-0.4, -0.2) is 21.8 Å². The van der Waals surface area contributed by atoms with Gasteiger partial charge in [0.1, 0.15) is 0 Å². The van der Waals surface area contributed by atoms with Crippen LogP contribution >= 0.6 is 0 Å². The summed E-state index contributed by atoms with van der Waals surface area (Å²) in [6, 6.07) is 90.5. The summed E-state index contributed by atoms with van der Waals surface area (Å²) < 4.78 is 7.42. The SMILES string of the molecule is Cc1cc(-n2c3ccccc3c3c2ccc2c4ccccc4n(-c4ccccc4)c23)cc([Si](c2ccccc2)(c2ccccc2)c2ccc3c(c2)c2ccccc2n3-c2ccccc2)c1. The van der Waals surface area contributed by atoms with E-state index in [0.29, 0.717) is 0 Å². The summed E-state index contributed by atoms with van der Waals surface area (Å²) in [5.41, 5.74) is 12.0. The lowest BCUT2D eigenvalue weighted by atomic mass is 10.1. The lowest BCUT2D eigenvalue weighted by Gasteiger charge is -2.35. The zero-order valence-electron chi connectivity index (χ0n) is 35.9. The van der Waals surface area contributed by atoms with Crippen LogP contribution in [0.15, 0.2) is 243 Å². The van der Waals surface area contributed by atoms with Crippen LogP contribution in [-0.2, 0) is 0 Å². The van der Waals surface area contributed by atoms with Crippen molar-refractivity contribution in [3.05, 3.63) is 248 Å². The first-order chi connectivity index (χ1) is 32.2. The molecule has 0 saturated heterocycles. The maximum Gasteiger partial charge on any atom is 0.179 e. The van der Waals surface area contributed by atoms with Crippen LogP contribution in [0.5, 0.6) is 0 Å². The van der Waals surface area contributed by atoms with Crippen molar-refractivity contribution in [3.63, 3.8) is 0 Å². The summed E-state index contributed by atoms with van der Waals surface area (Å²) in [5.74, 6) is 0. The van der Waals surface area contributed by atoms with Gasteiger partial charge in [-0.2, -0.15) is 0 Å². The molecule has 0 N–H and O–H groups in total. The maximum atomic E-state index is 2.53. The van der Waals surface area contributed by atoms with Gasteiger partial charge in [-0.15, -0.1) is 0 Å². The van der Waals surface area contributed by atoms with E-state index in [0.717, 1.165) is 11.4 Å². The molecule has 13 aromatic rings. The van der Waals surface area contributed by atoms with Gasteiger partial charge in [-0.05, 0) is 100.0 Å². The third-order valence-electron chi connectivity index (χ3n) is 13.8. The van der Waals surface area contributed by atoms with Crippen molar-refractivity contribution in [1.82, 2.24) is 13.7 Å². The molecule has 3 aromatic heterocycles. The molecule has 4 heteroatoms. The fraction of sp³-hybridized carbons (Fsp3) is 0.0164. The number of hydrogen-bond acceptors (Lipinski definition) is 0. The Balaban J connectivity index is 1.13. The average molecular weight is 846 g/mol. The number of para-hydroxylation sites is 5. The lowest BCUT2D eigenvalue weighted by Crippen LogP contribution is -2.74. The molecule has 0 aliphatic rings. The first-order valence-corrected chi connectivity index (χ1v) is 24.5. The normalized spacial score (nSPS) is 12.1. The summed E-state index contributed by atoms with van der Waals surface area (Å²) in [6.07, 6.45) is 0. The first-order valence-electron chi connectivity index (χ1n) is 22.5. The third kappa shape index (κ3) is 5.54. The van der Waals surface area contributed by atoms with Crippen molar-refractivity contribution < 1.29 is 0 Å². The predicted molar refractivity (Wildman–Crippen MR) is 278 cm³/mol. The first kappa shape index (κ1) is 37.4. The lowest BCUT2D eigenvalue weighted by molar-refractivity contribution is 1.17. The van der Waals surface area contributed by atoms with Crippen molar-refractivity contribution in [2.24, 2.45) is 0 Å². The van der Waals surface area contributed by atoms with E-state index in [2.05, 4.69) is 263 Å². The van der Waals surface area contributed by atoms with E-state index in [1.54, 1.807) is 0 Å². The number of aryl methyl sites for hydroxylation is 1. The van der Waals surface area contributed by atoms with E-state index < -0.39 is 8.07 Å². The summed E-state index contributed by atoms with van der Waals surface area (Å²) in [6.45, 7) is 2.28. The predicted octanol–water partition coefficient (Wildman–Crippen LogP) is 12.7. The van der Waals surface area contributed by atoms with Crippen LogP contribution in [0.4, 0.5) is 0 Å². The number of hydrogen-bond donors (Lipinski definition) is 0. The fourth-order valence-corrected chi connectivity index (χ4v) is 16.1. The zero-order valence-corrected chi connectivity index (χ0v) is 36.9. The second kappa shape index (κ2) is 14.7. The standard InChI is InChI=1S/C61H43N3Si/c1-42-38-45(63-57-33-19-16-30-53(57)60-59(63)37-35-52-50-28-14-18-32-56(50)64(61(52)60)44-22-8-3-9-23-44)40-49(39-42)65(46-24-10-4-11-25-46,47-26-12-5-13-27-47)48-34-36-58-54(41-48)51-29-15-17-31-55(51)62(58)43-20-6-2-7-21-43/h2-41H,1H3. The molecule has 0 aliphatic carbocycles. The van der Waals surface area contributed by atoms with Crippen LogP contribution in [0.1, 0.15) is 5.56 Å². The highest BCUT2D eigenvalue weighted by Crippen LogP contribution is 2.42. The molecule has 3 heterocycles. The molecule has 0 radical (unpaired) electrons. The van der Waals surface area contributed by atoms with E-state index in [4.69, 9.17) is 0 Å². The number of rotatable bonds is 7. The second-order valence-electron chi connectivity index (χ2n) is 17.4. The second-order valence-corrected chi connectivity index (χ2v) is 21.2. The highest BCUT2D eigenvalue weighted by atomic mass is 28.3. The van der Waals surface area contributed by atoms with E-state index in [9.17, 15) is 0 Å². The largest absolute Gasteiger partial charge is 0.309 e. The Bertz CT molecular complexity index is 3900. The molecule has 306 valence electrons. The minimum absolute atomic E-state index is 1.16. The molecular weight excluding hydrogens is 803 g/mol. The Labute approximate surface area is 378 Å². The molecule has 0 fully saturated rings. The summed E-state index contributed by atoms with van der Waals surface area (Å²) in [5, 5.41) is 12.9. The Morgan fingerprint density at radius 1 is 0.277 bits per heavy atom. The molecule has 0 saturated carbocycles. The van der Waals surface area contributed by atoms with E-state index in [1.807, 2.05) is 0 Å². The molecule has 0 amide bonds. The van der Waals surface area contributed by atoms with Crippen molar-refractivity contribution in [2.45, 2.75) is 6.92 Å². The van der Waals surface area contributed by atoms with E-state index in [-0.39, 0.29) is 0 Å². The molecule has 0 spiro atoms. The topological polar surface area (TPSA) is 14.8 Å². The van der Waals surface area contributed by atoms with Crippen LogP contribution in [0, 0.1) is 6.92 Å². The average Bonchev–Trinajstić information content (AvgIpc) is 4.01. The van der Waals surface area contributed by atoms with Gasteiger partial charge in [0.15, 0.2) is 8.07 Å². The number of benzene rings is 10. The van der Waals surface area contributed by atoms with Crippen LogP contribution in [0.3, 0.4) is 0 Å². The molecule has 0 unspecified atom stereocenters. The third-order valence-corrected chi connectivity index (χ3v) is 18.5. The van der Waals surface area contributed by atoms with Crippen molar-refractivity contribution >= 4 is 94.2 Å². The Hall–Kier alpha value is -8.18. The van der Waals surface area contributed by atoms with Crippen molar-refractivity contribution in [2.75, 3.05) is 0 Å². The van der Waals surface area contributed by atoms with Gasteiger partial charge in [-0.3, -0.25) is 0 Å². The number of fused-ring (bicyclic) bond motifs is 10. The van der Waals surface area contributed by atoms with Gasteiger partial charge in [-0.25, -0.2) is 0 Å². The number of nitrogens with zero attached hydrogens (tertiary/aromatic N) is 3. The van der Waals surface area contributed by atoms with Gasteiger partial charge >= 0.3 is 0 Å². The zero-order chi connectivity index (χ0) is 43.1. The van der Waals surface area contributed by atoms with Gasteiger partial charge in [-0.1, -0.05) is 176 Å². The summed E-state index contributed by atoms with van der Waals surface area (Å²) >= 11 is 0. The Kier molecular flexibility index (Phi) is 8.45. The number of aromatic nitrogens is 3. The molecule has 13 rings (SSSR count). The van der Waals surface area contributed by atoms with Crippen molar-refractivity contribution in [3.8, 4) is 17.1 Å². The Morgan fingerprint density at radius 3 is 1.37 bits per heavy atom. The molecule has 10 aromatic carbocycles. The Morgan fingerprint density at radius 2 is 0.738 bits per heavy atom. The molecule has 0 bridgehead atoms. The van der Waals surface area contributed by atoms with Crippen LogP contribution in [0.2, 0.25) is 0 Å². The van der Waals surface area contributed by atoms with Gasteiger partial charge in [0.25, 0.3) is 0 Å². The van der Waals surface area contributed by atoms with Gasteiger partial charge < -0.3 is 13.7 Å². The summed E-state index contributed by atoms with van der Waals surface area (Å²) in [4.78, 5) is 0. The minimum Gasteiger partial charge on any atom is -0.309 e. The minimum atomic E-state index is -3.03. The highest BCUT2D eigenvalue weighted by molar-refractivity contribution is 7.20. The monoisotopic (exact) mass is 845 g/mol. The van der Waals surface area contributed by atoms with Crippen LogP contribution in [0.25, 0.3) is 82.5 Å². The molecule has 3 nitrogen and oxygen atoms in total. The maximum absolute atomic E-state index is 3.03. The highest BCUT2D eigenvalue weighted by Gasteiger charge is 2.42. The van der Waals surface area contributed by atoms with Gasteiger partial charge in [0, 0.05) is 49.4 Å². The van der Waals surface area contributed by atoms with Gasteiger partial charge in [0.2, 0.25) is 0 Å².